The number of amides is 2. The molecule has 28 heavy (non-hydrogen) atoms. The smallest absolute Gasteiger partial charge is 0.321 e. The lowest BCUT2D eigenvalue weighted by Gasteiger charge is -2.31. The number of piperidine rings is 1. The van der Waals surface area contributed by atoms with Crippen molar-refractivity contribution in [2.45, 2.75) is 32.6 Å². The molecule has 1 aromatic heterocycles. The Labute approximate surface area is 164 Å². The minimum atomic E-state index is -0.0822. The Morgan fingerprint density at radius 3 is 2.79 bits per heavy atom. The van der Waals surface area contributed by atoms with E-state index in [1.165, 1.54) is 0 Å². The Balaban J connectivity index is 1.45. The molecule has 2 heterocycles. The third-order valence-electron chi connectivity index (χ3n) is 5.38. The fourth-order valence-corrected chi connectivity index (χ4v) is 3.55. The van der Waals surface area contributed by atoms with Crippen LogP contribution in [-0.2, 0) is 0 Å². The van der Waals surface area contributed by atoms with Crippen LogP contribution in [0.25, 0.3) is 11.4 Å². The van der Waals surface area contributed by atoms with Gasteiger partial charge in [0.1, 0.15) is 0 Å². The van der Waals surface area contributed by atoms with E-state index in [9.17, 15) is 4.79 Å². The second kappa shape index (κ2) is 7.84. The van der Waals surface area contributed by atoms with Crippen molar-refractivity contribution in [3.63, 3.8) is 0 Å². The molecule has 6 nitrogen and oxygen atoms in total. The van der Waals surface area contributed by atoms with Crippen LogP contribution < -0.4 is 5.32 Å². The van der Waals surface area contributed by atoms with Crippen molar-refractivity contribution in [1.29, 1.82) is 0 Å². The molecule has 0 bridgehead atoms. The van der Waals surface area contributed by atoms with Gasteiger partial charge in [0, 0.05) is 24.3 Å². The van der Waals surface area contributed by atoms with Crippen LogP contribution in [0.1, 0.15) is 35.8 Å². The van der Waals surface area contributed by atoms with Crippen molar-refractivity contribution in [1.82, 2.24) is 15.0 Å². The first-order valence-electron chi connectivity index (χ1n) is 9.63. The van der Waals surface area contributed by atoms with Crippen LogP contribution >= 0.6 is 0 Å². The van der Waals surface area contributed by atoms with E-state index in [2.05, 4.69) is 15.5 Å². The molecule has 1 aliphatic rings. The van der Waals surface area contributed by atoms with Crippen molar-refractivity contribution < 1.29 is 9.32 Å². The number of hydrogen-bond acceptors (Lipinski definition) is 4. The molecule has 4 rings (SSSR count). The molecule has 0 aliphatic carbocycles. The van der Waals surface area contributed by atoms with Gasteiger partial charge in [0.15, 0.2) is 0 Å². The molecule has 144 valence electrons. The SMILES string of the molecule is Cc1cccc(NC(=O)N2CCCC(c3nc(-c4ccccc4)no3)C2)c1C. The van der Waals surface area contributed by atoms with Gasteiger partial charge in [-0.2, -0.15) is 4.98 Å². The fraction of sp³-hybridized carbons (Fsp3) is 0.318. The first-order valence-corrected chi connectivity index (χ1v) is 9.63. The predicted molar refractivity (Wildman–Crippen MR) is 108 cm³/mol. The maximum atomic E-state index is 12.8. The lowest BCUT2D eigenvalue weighted by Crippen LogP contribution is -2.41. The number of nitrogens with zero attached hydrogens (tertiary/aromatic N) is 3. The highest BCUT2D eigenvalue weighted by molar-refractivity contribution is 5.90. The summed E-state index contributed by atoms with van der Waals surface area (Å²) in [5.41, 5.74) is 4.04. The third kappa shape index (κ3) is 3.76. The maximum Gasteiger partial charge on any atom is 0.321 e. The van der Waals surface area contributed by atoms with Crippen LogP contribution in [-0.4, -0.2) is 34.2 Å². The van der Waals surface area contributed by atoms with E-state index in [1.807, 2.05) is 67.3 Å². The molecule has 1 aliphatic heterocycles. The van der Waals surface area contributed by atoms with Crippen LogP contribution in [0.5, 0.6) is 0 Å². The number of carbonyl (C=O) groups excluding carboxylic acids is 1. The molecule has 1 saturated heterocycles. The first-order chi connectivity index (χ1) is 13.6. The summed E-state index contributed by atoms with van der Waals surface area (Å²) in [6.07, 6.45) is 1.84. The normalized spacial score (nSPS) is 16.8. The Morgan fingerprint density at radius 2 is 1.96 bits per heavy atom. The second-order valence-electron chi connectivity index (χ2n) is 7.29. The van der Waals surface area contributed by atoms with E-state index in [0.717, 1.165) is 41.8 Å². The number of rotatable bonds is 3. The molecule has 3 aromatic rings. The van der Waals surface area contributed by atoms with Crippen molar-refractivity contribution in [2.75, 3.05) is 18.4 Å². The molecule has 6 heteroatoms. The summed E-state index contributed by atoms with van der Waals surface area (Å²) in [4.78, 5) is 19.2. The summed E-state index contributed by atoms with van der Waals surface area (Å²) in [5, 5.41) is 7.16. The Bertz CT molecular complexity index is 968. The standard InChI is InChI=1S/C22H24N4O2/c1-15-8-6-12-19(16(15)2)23-22(27)26-13-7-11-18(14-26)21-24-20(25-28-21)17-9-4-3-5-10-17/h3-6,8-10,12,18H,7,11,13-14H2,1-2H3,(H,23,27). The average Bonchev–Trinajstić information content (AvgIpc) is 3.22. The predicted octanol–water partition coefficient (Wildman–Crippen LogP) is 4.76. The van der Waals surface area contributed by atoms with Gasteiger partial charge >= 0.3 is 6.03 Å². The highest BCUT2D eigenvalue weighted by Crippen LogP contribution is 2.28. The van der Waals surface area contributed by atoms with Gasteiger partial charge in [0.2, 0.25) is 11.7 Å². The molecule has 1 N–H and O–H groups in total. The zero-order valence-corrected chi connectivity index (χ0v) is 16.2. The molecule has 1 unspecified atom stereocenters. The molecule has 1 fully saturated rings. The number of nitrogens with one attached hydrogen (secondary N) is 1. The number of urea groups is 1. The molecule has 2 amide bonds. The maximum absolute atomic E-state index is 12.8. The lowest BCUT2D eigenvalue weighted by atomic mass is 9.98. The Kier molecular flexibility index (Phi) is 5.10. The number of carbonyl (C=O) groups is 1. The number of hydrogen-bond donors (Lipinski definition) is 1. The first kappa shape index (κ1) is 18.2. The van der Waals surface area contributed by atoms with Crippen molar-refractivity contribution in [2.24, 2.45) is 0 Å². The van der Waals surface area contributed by atoms with Gasteiger partial charge in [-0.15, -0.1) is 0 Å². The molecule has 1 atom stereocenters. The summed E-state index contributed by atoms with van der Waals surface area (Å²) in [7, 11) is 0. The summed E-state index contributed by atoms with van der Waals surface area (Å²) in [6, 6.07) is 15.6. The zero-order chi connectivity index (χ0) is 19.5. The van der Waals surface area contributed by atoms with Gasteiger partial charge in [-0.3, -0.25) is 0 Å². The highest BCUT2D eigenvalue weighted by atomic mass is 16.5. The van der Waals surface area contributed by atoms with E-state index in [-0.39, 0.29) is 11.9 Å². The van der Waals surface area contributed by atoms with Crippen LogP contribution in [0.4, 0.5) is 10.5 Å². The monoisotopic (exact) mass is 376 g/mol. The van der Waals surface area contributed by atoms with E-state index in [4.69, 9.17) is 4.52 Å². The van der Waals surface area contributed by atoms with E-state index >= 15 is 0 Å². The number of benzene rings is 2. The average molecular weight is 376 g/mol. The molecule has 0 saturated carbocycles. The van der Waals surface area contributed by atoms with E-state index in [1.54, 1.807) is 0 Å². The van der Waals surface area contributed by atoms with Gasteiger partial charge in [-0.25, -0.2) is 4.79 Å². The fourth-order valence-electron chi connectivity index (χ4n) is 3.55. The number of anilines is 1. The number of aryl methyl sites for hydroxylation is 1. The quantitative estimate of drug-likeness (QED) is 0.715. The third-order valence-corrected chi connectivity index (χ3v) is 5.38. The van der Waals surface area contributed by atoms with Gasteiger partial charge in [0.25, 0.3) is 0 Å². The van der Waals surface area contributed by atoms with Crippen LogP contribution in [0, 0.1) is 13.8 Å². The van der Waals surface area contributed by atoms with Crippen molar-refractivity contribution >= 4 is 11.7 Å². The van der Waals surface area contributed by atoms with Crippen LogP contribution in [0.15, 0.2) is 53.1 Å². The minimum Gasteiger partial charge on any atom is -0.339 e. The number of likely N-dealkylation sites (tertiary alicyclic amines) is 1. The van der Waals surface area contributed by atoms with Gasteiger partial charge in [0.05, 0.1) is 5.92 Å². The summed E-state index contributed by atoms with van der Waals surface area (Å²) in [5.74, 6) is 1.25. The lowest BCUT2D eigenvalue weighted by molar-refractivity contribution is 0.184. The summed E-state index contributed by atoms with van der Waals surface area (Å²) < 4.78 is 5.52. The molecule has 0 spiro atoms. The second-order valence-corrected chi connectivity index (χ2v) is 7.29. The van der Waals surface area contributed by atoms with Gasteiger partial charge in [-0.05, 0) is 43.9 Å². The largest absolute Gasteiger partial charge is 0.339 e. The van der Waals surface area contributed by atoms with E-state index < -0.39 is 0 Å². The minimum absolute atomic E-state index is 0.0584. The van der Waals surface area contributed by atoms with Gasteiger partial charge < -0.3 is 14.7 Å². The highest BCUT2D eigenvalue weighted by Gasteiger charge is 2.29. The summed E-state index contributed by atoms with van der Waals surface area (Å²) >= 11 is 0. The zero-order valence-electron chi connectivity index (χ0n) is 16.2. The van der Waals surface area contributed by atoms with Crippen LogP contribution in [0.2, 0.25) is 0 Å². The summed E-state index contributed by atoms with van der Waals surface area (Å²) in [6.45, 7) is 5.37. The molecular formula is C22H24N4O2. The van der Waals surface area contributed by atoms with Crippen molar-refractivity contribution in [3.8, 4) is 11.4 Å². The van der Waals surface area contributed by atoms with Gasteiger partial charge in [-0.1, -0.05) is 47.6 Å². The number of aromatic nitrogens is 2. The topological polar surface area (TPSA) is 71.3 Å². The Morgan fingerprint density at radius 1 is 1.14 bits per heavy atom. The molecular weight excluding hydrogens is 352 g/mol. The molecule has 2 aromatic carbocycles. The van der Waals surface area contributed by atoms with E-state index in [0.29, 0.717) is 18.3 Å². The molecule has 0 radical (unpaired) electrons. The van der Waals surface area contributed by atoms with Crippen LogP contribution in [0.3, 0.4) is 0 Å². The van der Waals surface area contributed by atoms with Crippen molar-refractivity contribution in [3.05, 3.63) is 65.5 Å². The Hall–Kier alpha value is -3.15.